The molecule has 0 amide bonds. The lowest BCUT2D eigenvalue weighted by molar-refractivity contribution is 0.128. The van der Waals surface area contributed by atoms with Crippen LogP contribution in [0.2, 0.25) is 0 Å². The predicted molar refractivity (Wildman–Crippen MR) is 79.7 cm³/mol. The van der Waals surface area contributed by atoms with Crippen LogP contribution in [0.25, 0.3) is 0 Å². The second kappa shape index (κ2) is 8.69. The van der Waals surface area contributed by atoms with E-state index in [9.17, 15) is 0 Å². The average molecular weight is 266 g/mol. The number of aromatic nitrogens is 2. The van der Waals surface area contributed by atoms with Crippen molar-refractivity contribution in [1.82, 2.24) is 9.97 Å². The van der Waals surface area contributed by atoms with Crippen LogP contribution in [0.3, 0.4) is 0 Å². The lowest BCUT2D eigenvalue weighted by atomic mass is 10.3. The quantitative estimate of drug-likeness (QED) is 0.744. The van der Waals surface area contributed by atoms with Gasteiger partial charge < -0.3 is 15.0 Å². The SMILES string of the molecule is CCCCN(CC)c1cc(NC)nc(COCC)n1. The molecule has 19 heavy (non-hydrogen) atoms. The molecular weight excluding hydrogens is 240 g/mol. The summed E-state index contributed by atoms with van der Waals surface area (Å²) in [7, 11) is 1.87. The van der Waals surface area contributed by atoms with Crippen LogP contribution in [-0.2, 0) is 11.3 Å². The first-order chi connectivity index (χ1) is 9.24. The van der Waals surface area contributed by atoms with E-state index in [0.29, 0.717) is 13.2 Å². The maximum absolute atomic E-state index is 5.40. The third kappa shape index (κ3) is 5.03. The molecule has 0 spiro atoms. The number of unbranched alkanes of at least 4 members (excludes halogenated alkanes) is 1. The highest BCUT2D eigenvalue weighted by atomic mass is 16.5. The van der Waals surface area contributed by atoms with E-state index >= 15 is 0 Å². The first-order valence-corrected chi connectivity index (χ1v) is 7.13. The van der Waals surface area contributed by atoms with Crippen molar-refractivity contribution < 1.29 is 4.74 Å². The Morgan fingerprint density at radius 3 is 2.63 bits per heavy atom. The molecule has 0 aliphatic carbocycles. The molecule has 0 atom stereocenters. The minimum absolute atomic E-state index is 0.463. The molecule has 1 rings (SSSR count). The summed E-state index contributed by atoms with van der Waals surface area (Å²) in [4.78, 5) is 11.3. The minimum atomic E-state index is 0.463. The molecule has 0 saturated carbocycles. The molecule has 1 N–H and O–H groups in total. The Morgan fingerprint density at radius 2 is 2.05 bits per heavy atom. The van der Waals surface area contributed by atoms with Gasteiger partial charge in [-0.3, -0.25) is 0 Å². The van der Waals surface area contributed by atoms with E-state index < -0.39 is 0 Å². The van der Waals surface area contributed by atoms with Gasteiger partial charge in [-0.15, -0.1) is 0 Å². The van der Waals surface area contributed by atoms with E-state index in [4.69, 9.17) is 4.74 Å². The van der Waals surface area contributed by atoms with Crippen LogP contribution in [0.1, 0.15) is 39.4 Å². The van der Waals surface area contributed by atoms with E-state index in [2.05, 4.69) is 34.0 Å². The van der Waals surface area contributed by atoms with Gasteiger partial charge in [0.2, 0.25) is 0 Å². The van der Waals surface area contributed by atoms with E-state index in [-0.39, 0.29) is 0 Å². The number of hydrogen-bond donors (Lipinski definition) is 1. The summed E-state index contributed by atoms with van der Waals surface area (Å²) in [5.41, 5.74) is 0. The van der Waals surface area contributed by atoms with Gasteiger partial charge in [-0.2, -0.15) is 0 Å². The third-order valence-electron chi connectivity index (χ3n) is 2.94. The van der Waals surface area contributed by atoms with Crippen molar-refractivity contribution in [3.8, 4) is 0 Å². The van der Waals surface area contributed by atoms with Crippen molar-refractivity contribution >= 4 is 11.6 Å². The van der Waals surface area contributed by atoms with E-state index in [1.165, 1.54) is 12.8 Å². The maximum atomic E-state index is 5.40. The Bertz CT molecular complexity index is 370. The molecule has 0 radical (unpaired) electrons. The molecule has 0 unspecified atom stereocenters. The summed E-state index contributed by atoms with van der Waals surface area (Å²) < 4.78 is 5.40. The normalized spacial score (nSPS) is 10.5. The fourth-order valence-electron chi connectivity index (χ4n) is 1.81. The summed E-state index contributed by atoms with van der Waals surface area (Å²) in [5, 5.41) is 3.09. The van der Waals surface area contributed by atoms with Crippen molar-refractivity contribution in [3.05, 3.63) is 11.9 Å². The summed E-state index contributed by atoms with van der Waals surface area (Å²) in [6.45, 7) is 9.45. The van der Waals surface area contributed by atoms with Crippen molar-refractivity contribution in [3.63, 3.8) is 0 Å². The second-order valence-electron chi connectivity index (χ2n) is 4.35. The van der Waals surface area contributed by atoms with Crippen LogP contribution >= 0.6 is 0 Å². The molecule has 0 saturated heterocycles. The van der Waals surface area contributed by atoms with Gasteiger partial charge in [-0.1, -0.05) is 13.3 Å². The highest BCUT2D eigenvalue weighted by Gasteiger charge is 2.09. The maximum Gasteiger partial charge on any atom is 0.158 e. The van der Waals surface area contributed by atoms with Gasteiger partial charge in [-0.05, 0) is 20.3 Å². The smallest absolute Gasteiger partial charge is 0.158 e. The monoisotopic (exact) mass is 266 g/mol. The average Bonchev–Trinajstić information content (AvgIpc) is 2.45. The topological polar surface area (TPSA) is 50.3 Å². The second-order valence-corrected chi connectivity index (χ2v) is 4.35. The van der Waals surface area contributed by atoms with Gasteiger partial charge in [0.05, 0.1) is 0 Å². The molecule has 5 heteroatoms. The molecule has 0 aliphatic heterocycles. The zero-order valence-corrected chi connectivity index (χ0v) is 12.6. The predicted octanol–water partition coefficient (Wildman–Crippen LogP) is 2.68. The highest BCUT2D eigenvalue weighted by molar-refractivity contribution is 5.49. The third-order valence-corrected chi connectivity index (χ3v) is 2.94. The Labute approximate surface area is 116 Å². The highest BCUT2D eigenvalue weighted by Crippen LogP contribution is 2.16. The van der Waals surface area contributed by atoms with Crippen LogP contribution < -0.4 is 10.2 Å². The van der Waals surface area contributed by atoms with Crippen molar-refractivity contribution in [2.75, 3.05) is 37.0 Å². The summed E-state index contributed by atoms with van der Waals surface area (Å²) >= 11 is 0. The molecule has 0 aliphatic rings. The zero-order valence-electron chi connectivity index (χ0n) is 12.6. The zero-order chi connectivity index (χ0) is 14.1. The molecule has 1 aromatic heterocycles. The number of rotatable bonds is 9. The fraction of sp³-hybridized carbons (Fsp3) is 0.714. The van der Waals surface area contributed by atoms with Gasteiger partial charge in [0.25, 0.3) is 0 Å². The van der Waals surface area contributed by atoms with Crippen LogP contribution in [0, 0.1) is 0 Å². The number of nitrogens with zero attached hydrogens (tertiary/aromatic N) is 3. The molecule has 0 aromatic carbocycles. The van der Waals surface area contributed by atoms with Crippen LogP contribution in [0.4, 0.5) is 11.6 Å². The molecule has 5 nitrogen and oxygen atoms in total. The largest absolute Gasteiger partial charge is 0.374 e. The van der Waals surface area contributed by atoms with Crippen molar-refractivity contribution in [2.24, 2.45) is 0 Å². The number of ether oxygens (including phenoxy) is 1. The number of nitrogens with one attached hydrogen (secondary N) is 1. The van der Waals surface area contributed by atoms with Gasteiger partial charge in [0.1, 0.15) is 18.2 Å². The standard InChI is InChI=1S/C14H26N4O/c1-5-8-9-18(6-2)14-10-12(15-4)16-13(17-14)11-19-7-3/h10H,5-9,11H2,1-4H3,(H,15,16,17). The van der Waals surface area contributed by atoms with Crippen LogP contribution in [0.15, 0.2) is 6.07 Å². The Balaban J connectivity index is 2.89. The molecular formula is C14H26N4O. The summed E-state index contributed by atoms with van der Waals surface area (Å²) in [5.74, 6) is 2.55. The Morgan fingerprint density at radius 1 is 1.26 bits per heavy atom. The summed E-state index contributed by atoms with van der Waals surface area (Å²) in [6, 6.07) is 1.99. The lowest BCUT2D eigenvalue weighted by Crippen LogP contribution is -2.25. The Kier molecular flexibility index (Phi) is 7.18. The number of hydrogen-bond acceptors (Lipinski definition) is 5. The van der Waals surface area contributed by atoms with Crippen LogP contribution in [-0.4, -0.2) is 36.7 Å². The lowest BCUT2D eigenvalue weighted by Gasteiger charge is -2.22. The van der Waals surface area contributed by atoms with Gasteiger partial charge in [-0.25, -0.2) is 9.97 Å². The first kappa shape index (κ1) is 15.7. The van der Waals surface area contributed by atoms with Crippen LogP contribution in [0.5, 0.6) is 0 Å². The van der Waals surface area contributed by atoms with Gasteiger partial charge in [0.15, 0.2) is 5.82 Å². The molecule has 1 aromatic rings. The Hall–Kier alpha value is -1.36. The minimum Gasteiger partial charge on any atom is -0.374 e. The van der Waals surface area contributed by atoms with E-state index in [0.717, 1.165) is 30.5 Å². The van der Waals surface area contributed by atoms with Crippen molar-refractivity contribution in [2.45, 2.75) is 40.2 Å². The van der Waals surface area contributed by atoms with Crippen molar-refractivity contribution in [1.29, 1.82) is 0 Å². The van der Waals surface area contributed by atoms with Gasteiger partial charge in [0, 0.05) is 32.8 Å². The molecule has 0 fully saturated rings. The summed E-state index contributed by atoms with van der Waals surface area (Å²) in [6.07, 6.45) is 2.36. The molecule has 108 valence electrons. The molecule has 0 bridgehead atoms. The molecule has 1 heterocycles. The number of anilines is 2. The first-order valence-electron chi connectivity index (χ1n) is 7.13. The van der Waals surface area contributed by atoms with E-state index in [1.807, 2.05) is 20.0 Å². The van der Waals surface area contributed by atoms with E-state index in [1.54, 1.807) is 0 Å². The van der Waals surface area contributed by atoms with Gasteiger partial charge >= 0.3 is 0 Å². The fourth-order valence-corrected chi connectivity index (χ4v) is 1.81.